The zero-order valence-corrected chi connectivity index (χ0v) is 10.5. The molecule has 0 aliphatic heterocycles. The fourth-order valence-corrected chi connectivity index (χ4v) is 1.72. The maximum atomic E-state index is 5.51. The van der Waals surface area contributed by atoms with E-state index >= 15 is 0 Å². The first kappa shape index (κ1) is 13.0. The van der Waals surface area contributed by atoms with E-state index in [9.17, 15) is 0 Å². The van der Waals surface area contributed by atoms with Crippen LogP contribution in [0.4, 0.5) is 0 Å². The van der Waals surface area contributed by atoms with Crippen LogP contribution in [-0.2, 0) is 4.74 Å². The quantitative estimate of drug-likeness (QED) is 0.802. The predicted octanol–water partition coefficient (Wildman–Crippen LogP) is 2.30. The van der Waals surface area contributed by atoms with Crippen LogP contribution in [0.25, 0.3) is 0 Å². The summed E-state index contributed by atoms with van der Waals surface area (Å²) in [6.07, 6.45) is 0. The van der Waals surface area contributed by atoms with E-state index in [1.807, 2.05) is 20.0 Å². The van der Waals surface area contributed by atoms with Gasteiger partial charge in [0.25, 0.3) is 0 Å². The molecular formula is C13H21NO2. The second kappa shape index (κ2) is 6.51. The summed E-state index contributed by atoms with van der Waals surface area (Å²) in [7, 11) is 3.65. The molecule has 0 radical (unpaired) electrons. The number of hydrogen-bond donors (Lipinski definition) is 1. The second-order valence-corrected chi connectivity index (χ2v) is 3.75. The van der Waals surface area contributed by atoms with Gasteiger partial charge in [0.2, 0.25) is 0 Å². The van der Waals surface area contributed by atoms with Gasteiger partial charge in [-0.3, -0.25) is 0 Å². The third-order valence-corrected chi connectivity index (χ3v) is 2.58. The monoisotopic (exact) mass is 223 g/mol. The average molecular weight is 223 g/mol. The van der Waals surface area contributed by atoms with Crippen LogP contribution in [0.3, 0.4) is 0 Å². The lowest BCUT2D eigenvalue weighted by Gasteiger charge is -2.17. The number of rotatable bonds is 6. The molecule has 0 saturated heterocycles. The van der Waals surface area contributed by atoms with Crippen molar-refractivity contribution in [2.75, 3.05) is 27.4 Å². The first-order chi connectivity index (χ1) is 7.72. The first-order valence-corrected chi connectivity index (χ1v) is 5.62. The fraction of sp³-hybridized carbons (Fsp3) is 0.538. The lowest BCUT2D eigenvalue weighted by atomic mass is 10.0. The molecule has 90 valence electrons. The minimum atomic E-state index is 0.236. The highest BCUT2D eigenvalue weighted by atomic mass is 16.5. The smallest absolute Gasteiger partial charge is 0.122 e. The van der Waals surface area contributed by atoms with Crippen molar-refractivity contribution in [3.05, 3.63) is 29.3 Å². The van der Waals surface area contributed by atoms with Crippen molar-refractivity contribution in [1.82, 2.24) is 5.32 Å². The van der Waals surface area contributed by atoms with Crippen molar-refractivity contribution in [1.29, 1.82) is 0 Å². The Morgan fingerprint density at radius 1 is 1.38 bits per heavy atom. The number of likely N-dealkylation sites (N-methyl/N-ethyl adjacent to an activating group) is 1. The number of aryl methyl sites for hydroxylation is 1. The molecule has 0 aromatic heterocycles. The summed E-state index contributed by atoms with van der Waals surface area (Å²) in [5.74, 6) is 0.957. The highest BCUT2D eigenvalue weighted by molar-refractivity contribution is 5.37. The molecule has 1 aromatic rings. The Kier molecular flexibility index (Phi) is 5.29. The summed E-state index contributed by atoms with van der Waals surface area (Å²) in [5.41, 5.74) is 2.39. The minimum Gasteiger partial charge on any atom is -0.494 e. The summed E-state index contributed by atoms with van der Waals surface area (Å²) in [5, 5.41) is 3.23. The van der Waals surface area contributed by atoms with Crippen molar-refractivity contribution in [3.8, 4) is 5.75 Å². The highest BCUT2D eigenvalue weighted by Crippen LogP contribution is 2.22. The van der Waals surface area contributed by atoms with Crippen molar-refractivity contribution in [2.24, 2.45) is 0 Å². The van der Waals surface area contributed by atoms with Gasteiger partial charge >= 0.3 is 0 Å². The van der Waals surface area contributed by atoms with Crippen LogP contribution in [0.5, 0.6) is 5.75 Å². The third kappa shape index (κ3) is 3.22. The molecule has 16 heavy (non-hydrogen) atoms. The zero-order chi connectivity index (χ0) is 12.0. The Balaban J connectivity index is 2.85. The van der Waals surface area contributed by atoms with Gasteiger partial charge in [0.05, 0.1) is 19.3 Å². The second-order valence-electron chi connectivity index (χ2n) is 3.75. The maximum absolute atomic E-state index is 5.51. The number of hydrogen-bond acceptors (Lipinski definition) is 3. The van der Waals surface area contributed by atoms with Gasteiger partial charge in [-0.1, -0.05) is 12.1 Å². The van der Waals surface area contributed by atoms with E-state index in [-0.39, 0.29) is 6.04 Å². The summed E-state index contributed by atoms with van der Waals surface area (Å²) in [6.45, 7) is 5.43. The lowest BCUT2D eigenvalue weighted by Crippen LogP contribution is -2.21. The van der Waals surface area contributed by atoms with Crippen LogP contribution >= 0.6 is 0 Å². The van der Waals surface area contributed by atoms with E-state index < -0.39 is 0 Å². The molecule has 1 N–H and O–H groups in total. The van der Waals surface area contributed by atoms with Crippen LogP contribution in [0.2, 0.25) is 0 Å². The molecule has 0 aliphatic carbocycles. The first-order valence-electron chi connectivity index (χ1n) is 5.62. The molecule has 0 spiro atoms. The van der Waals surface area contributed by atoms with Crippen molar-refractivity contribution in [3.63, 3.8) is 0 Å². The molecule has 1 rings (SSSR count). The van der Waals surface area contributed by atoms with Crippen LogP contribution < -0.4 is 10.1 Å². The van der Waals surface area contributed by atoms with Gasteiger partial charge in [0.1, 0.15) is 5.75 Å². The number of methoxy groups -OCH3 is 1. The average Bonchev–Trinajstić information content (AvgIpc) is 2.29. The summed E-state index contributed by atoms with van der Waals surface area (Å²) >= 11 is 0. The lowest BCUT2D eigenvalue weighted by molar-refractivity contribution is 0.170. The van der Waals surface area contributed by atoms with Crippen LogP contribution in [0.1, 0.15) is 24.1 Å². The minimum absolute atomic E-state index is 0.236. The Bertz CT molecular complexity index is 326. The maximum Gasteiger partial charge on any atom is 0.122 e. The Morgan fingerprint density at radius 3 is 2.62 bits per heavy atom. The van der Waals surface area contributed by atoms with Crippen LogP contribution in [0, 0.1) is 6.92 Å². The van der Waals surface area contributed by atoms with Crippen LogP contribution in [-0.4, -0.2) is 27.4 Å². The van der Waals surface area contributed by atoms with Crippen molar-refractivity contribution < 1.29 is 9.47 Å². The Morgan fingerprint density at radius 2 is 2.12 bits per heavy atom. The van der Waals surface area contributed by atoms with Gasteiger partial charge in [-0.15, -0.1) is 0 Å². The molecule has 3 heteroatoms. The number of benzene rings is 1. The fourth-order valence-electron chi connectivity index (χ4n) is 1.72. The van der Waals surface area contributed by atoms with E-state index in [1.54, 1.807) is 7.11 Å². The molecule has 1 unspecified atom stereocenters. The SMILES string of the molecule is CCOc1ccc(C(COC)NC)cc1C. The largest absolute Gasteiger partial charge is 0.494 e. The van der Waals surface area contributed by atoms with Gasteiger partial charge in [-0.2, -0.15) is 0 Å². The van der Waals surface area contributed by atoms with Crippen LogP contribution in [0.15, 0.2) is 18.2 Å². The standard InChI is InChI=1S/C13H21NO2/c1-5-16-13-7-6-11(8-10(13)2)12(14-3)9-15-4/h6-8,12,14H,5,9H2,1-4H3. The molecule has 1 aromatic carbocycles. The highest BCUT2D eigenvalue weighted by Gasteiger charge is 2.10. The molecule has 1 atom stereocenters. The summed E-state index contributed by atoms with van der Waals surface area (Å²) < 4.78 is 10.7. The van der Waals surface area contributed by atoms with Gasteiger partial charge in [0.15, 0.2) is 0 Å². The van der Waals surface area contributed by atoms with E-state index in [4.69, 9.17) is 9.47 Å². The molecule has 3 nitrogen and oxygen atoms in total. The molecular weight excluding hydrogens is 202 g/mol. The number of ether oxygens (including phenoxy) is 2. The Hall–Kier alpha value is -1.06. The van der Waals surface area contributed by atoms with Gasteiger partial charge in [-0.05, 0) is 38.1 Å². The Labute approximate surface area is 97.8 Å². The molecule has 0 saturated carbocycles. The number of nitrogens with one attached hydrogen (secondary N) is 1. The zero-order valence-electron chi connectivity index (χ0n) is 10.5. The van der Waals surface area contributed by atoms with Crippen molar-refractivity contribution >= 4 is 0 Å². The predicted molar refractivity (Wildman–Crippen MR) is 66.0 cm³/mol. The van der Waals surface area contributed by atoms with Gasteiger partial charge in [0, 0.05) is 7.11 Å². The van der Waals surface area contributed by atoms with Gasteiger partial charge < -0.3 is 14.8 Å². The van der Waals surface area contributed by atoms with Crippen molar-refractivity contribution in [2.45, 2.75) is 19.9 Å². The molecule has 0 heterocycles. The van der Waals surface area contributed by atoms with Gasteiger partial charge in [-0.25, -0.2) is 0 Å². The molecule has 0 fully saturated rings. The summed E-state index contributed by atoms with van der Waals surface area (Å²) in [6, 6.07) is 6.48. The van der Waals surface area contributed by atoms with E-state index in [2.05, 4.69) is 24.4 Å². The molecule has 0 bridgehead atoms. The summed E-state index contributed by atoms with van der Waals surface area (Å²) in [4.78, 5) is 0. The topological polar surface area (TPSA) is 30.5 Å². The normalized spacial score (nSPS) is 12.5. The third-order valence-electron chi connectivity index (χ3n) is 2.58. The van der Waals surface area contributed by atoms with E-state index in [0.717, 1.165) is 11.3 Å². The molecule has 0 amide bonds. The van der Waals surface area contributed by atoms with E-state index in [1.165, 1.54) is 5.56 Å². The van der Waals surface area contributed by atoms with E-state index in [0.29, 0.717) is 13.2 Å². The molecule has 0 aliphatic rings.